The Hall–Kier alpha value is -0.870. The largest absolute Gasteiger partial charge is 0.311 e. The molecule has 1 aromatic rings. The fraction of sp³-hybridized carbons (Fsp3) is 0.600. The molecular weight excluding hydrogens is 258 g/mol. The Morgan fingerprint density at radius 2 is 1.84 bits per heavy atom. The lowest BCUT2D eigenvalue weighted by atomic mass is 10.1. The van der Waals surface area contributed by atoms with Gasteiger partial charge in [-0.25, -0.2) is 8.42 Å². The van der Waals surface area contributed by atoms with Crippen LogP contribution in [0, 0.1) is 0 Å². The second-order valence-electron chi connectivity index (χ2n) is 5.78. The smallest absolute Gasteiger partial charge is 0.154 e. The van der Waals surface area contributed by atoms with E-state index in [4.69, 9.17) is 0 Å². The van der Waals surface area contributed by atoms with Crippen molar-refractivity contribution in [1.82, 2.24) is 5.32 Å². The average Bonchev–Trinajstić information content (AvgIpc) is 3.17. The van der Waals surface area contributed by atoms with Crippen LogP contribution in [0.4, 0.5) is 0 Å². The average molecular weight is 279 g/mol. The molecule has 3 nitrogen and oxygen atoms in total. The van der Waals surface area contributed by atoms with Gasteiger partial charge < -0.3 is 5.32 Å². The first-order chi connectivity index (χ1) is 9.15. The number of benzene rings is 1. The van der Waals surface area contributed by atoms with Gasteiger partial charge in [0.05, 0.1) is 11.0 Å². The number of rotatable bonds is 5. The van der Waals surface area contributed by atoms with E-state index in [1.807, 2.05) is 0 Å². The normalized spacial score (nSPS) is 25.6. The van der Waals surface area contributed by atoms with Crippen LogP contribution in [-0.2, 0) is 16.4 Å². The van der Waals surface area contributed by atoms with Crippen molar-refractivity contribution in [3.63, 3.8) is 0 Å². The molecule has 2 fully saturated rings. The van der Waals surface area contributed by atoms with Gasteiger partial charge in [0.15, 0.2) is 9.84 Å². The van der Waals surface area contributed by atoms with Crippen LogP contribution in [-0.4, -0.2) is 26.0 Å². The fourth-order valence-corrected chi connectivity index (χ4v) is 4.59. The third-order valence-electron chi connectivity index (χ3n) is 4.19. The molecule has 0 bridgehead atoms. The molecule has 104 valence electrons. The lowest BCUT2D eigenvalue weighted by Crippen LogP contribution is -2.30. The summed E-state index contributed by atoms with van der Waals surface area (Å²) >= 11 is 0. The van der Waals surface area contributed by atoms with E-state index in [9.17, 15) is 8.42 Å². The quantitative estimate of drug-likeness (QED) is 0.899. The Kier molecular flexibility index (Phi) is 3.63. The predicted molar refractivity (Wildman–Crippen MR) is 76.9 cm³/mol. The monoisotopic (exact) mass is 279 g/mol. The van der Waals surface area contributed by atoms with Gasteiger partial charge in [0.1, 0.15) is 0 Å². The summed E-state index contributed by atoms with van der Waals surface area (Å²) in [5.74, 6) is 1.17. The highest BCUT2D eigenvalue weighted by molar-refractivity contribution is 7.92. The van der Waals surface area contributed by atoms with Crippen molar-refractivity contribution >= 4 is 9.84 Å². The van der Waals surface area contributed by atoms with Gasteiger partial charge in [-0.3, -0.25) is 0 Å². The minimum absolute atomic E-state index is 0.168. The van der Waals surface area contributed by atoms with Gasteiger partial charge in [-0.2, -0.15) is 0 Å². The van der Waals surface area contributed by atoms with E-state index in [1.165, 1.54) is 24.0 Å². The molecular formula is C15H21NO2S. The van der Waals surface area contributed by atoms with E-state index in [2.05, 4.69) is 29.6 Å². The van der Waals surface area contributed by atoms with Crippen LogP contribution in [0.15, 0.2) is 24.3 Å². The maximum Gasteiger partial charge on any atom is 0.154 e. The molecule has 1 aliphatic heterocycles. The molecule has 1 N–H and O–H groups in total. The summed E-state index contributed by atoms with van der Waals surface area (Å²) in [7, 11) is -2.81. The zero-order valence-corrected chi connectivity index (χ0v) is 12.0. The van der Waals surface area contributed by atoms with Crippen molar-refractivity contribution in [2.75, 3.05) is 12.3 Å². The topological polar surface area (TPSA) is 46.2 Å². The van der Waals surface area contributed by atoms with E-state index in [0.29, 0.717) is 12.3 Å². The third kappa shape index (κ3) is 3.18. The second kappa shape index (κ2) is 5.25. The van der Waals surface area contributed by atoms with Gasteiger partial charge in [-0.05, 0) is 42.7 Å². The van der Waals surface area contributed by atoms with Crippen LogP contribution in [0.1, 0.15) is 42.7 Å². The number of hydrogen-bond acceptors (Lipinski definition) is 3. The fourth-order valence-electron chi connectivity index (χ4n) is 2.79. The maximum atomic E-state index is 11.7. The first-order valence-corrected chi connectivity index (χ1v) is 8.88. The first-order valence-electron chi connectivity index (χ1n) is 7.16. The number of nitrogens with one attached hydrogen (secondary N) is 1. The summed E-state index contributed by atoms with van der Waals surface area (Å²) in [6, 6.07) is 8.73. The van der Waals surface area contributed by atoms with Crippen LogP contribution in [0.25, 0.3) is 0 Å². The molecule has 0 aromatic heterocycles. The van der Waals surface area contributed by atoms with Crippen LogP contribution in [0.5, 0.6) is 0 Å². The van der Waals surface area contributed by atoms with Crippen molar-refractivity contribution in [2.45, 2.75) is 43.4 Å². The molecule has 1 unspecified atom stereocenters. The van der Waals surface area contributed by atoms with E-state index in [0.717, 1.165) is 25.3 Å². The molecule has 0 spiro atoms. The van der Waals surface area contributed by atoms with Gasteiger partial charge >= 0.3 is 0 Å². The molecule has 1 saturated carbocycles. The molecule has 3 rings (SSSR count). The van der Waals surface area contributed by atoms with E-state index < -0.39 is 9.84 Å². The molecule has 4 heteroatoms. The SMILES string of the molecule is O=S1(=O)CCCC1CNCc1ccc(C2CC2)cc1. The Labute approximate surface area is 115 Å². The van der Waals surface area contributed by atoms with Crippen molar-refractivity contribution < 1.29 is 8.42 Å². The summed E-state index contributed by atoms with van der Waals surface area (Å²) in [6.07, 6.45) is 4.30. The van der Waals surface area contributed by atoms with Crippen LogP contribution in [0.2, 0.25) is 0 Å². The minimum Gasteiger partial charge on any atom is -0.311 e. The van der Waals surface area contributed by atoms with Crippen molar-refractivity contribution in [2.24, 2.45) is 0 Å². The summed E-state index contributed by atoms with van der Waals surface area (Å²) in [5, 5.41) is 3.12. The minimum atomic E-state index is -2.81. The molecule has 1 saturated heterocycles. The molecule has 19 heavy (non-hydrogen) atoms. The standard InChI is InChI=1S/C15H21NO2S/c17-19(18)9-1-2-15(19)11-16-10-12-3-5-13(6-4-12)14-7-8-14/h3-6,14-16H,1-2,7-11H2. The lowest BCUT2D eigenvalue weighted by molar-refractivity contribution is 0.574. The summed E-state index contributed by atoms with van der Waals surface area (Å²) in [5.41, 5.74) is 2.68. The highest BCUT2D eigenvalue weighted by Gasteiger charge is 2.30. The number of sulfone groups is 1. The zero-order chi connectivity index (χ0) is 13.3. The van der Waals surface area contributed by atoms with Gasteiger partial charge in [-0.1, -0.05) is 24.3 Å². The summed E-state index contributed by atoms with van der Waals surface area (Å²) in [6.45, 7) is 1.35. The molecule has 1 atom stereocenters. The summed E-state index contributed by atoms with van der Waals surface area (Å²) in [4.78, 5) is 0. The van der Waals surface area contributed by atoms with Gasteiger partial charge in [0.2, 0.25) is 0 Å². The van der Waals surface area contributed by atoms with Gasteiger partial charge in [-0.15, -0.1) is 0 Å². The summed E-state index contributed by atoms with van der Waals surface area (Å²) < 4.78 is 23.4. The van der Waals surface area contributed by atoms with Crippen LogP contribution >= 0.6 is 0 Å². The van der Waals surface area contributed by atoms with E-state index in [-0.39, 0.29) is 5.25 Å². The Bertz CT molecular complexity index is 532. The van der Waals surface area contributed by atoms with Crippen LogP contribution in [0.3, 0.4) is 0 Å². The van der Waals surface area contributed by atoms with Gasteiger partial charge in [0.25, 0.3) is 0 Å². The maximum absolute atomic E-state index is 11.7. The molecule has 2 aliphatic rings. The Morgan fingerprint density at radius 3 is 2.42 bits per heavy atom. The third-order valence-corrected chi connectivity index (χ3v) is 6.47. The predicted octanol–water partition coefficient (Wildman–Crippen LogP) is 2.23. The second-order valence-corrected chi connectivity index (χ2v) is 8.18. The molecule has 1 aromatic carbocycles. The number of hydrogen-bond donors (Lipinski definition) is 1. The Balaban J connectivity index is 1.49. The molecule has 1 aliphatic carbocycles. The van der Waals surface area contributed by atoms with Crippen molar-refractivity contribution in [3.05, 3.63) is 35.4 Å². The van der Waals surface area contributed by atoms with Crippen molar-refractivity contribution in [3.8, 4) is 0 Å². The van der Waals surface area contributed by atoms with E-state index >= 15 is 0 Å². The molecule has 0 amide bonds. The lowest BCUT2D eigenvalue weighted by Gasteiger charge is -2.11. The highest BCUT2D eigenvalue weighted by atomic mass is 32.2. The molecule has 0 radical (unpaired) electrons. The Morgan fingerprint density at radius 1 is 1.11 bits per heavy atom. The van der Waals surface area contributed by atoms with Crippen LogP contribution < -0.4 is 5.32 Å². The highest BCUT2D eigenvalue weighted by Crippen LogP contribution is 2.39. The molecule has 1 heterocycles. The van der Waals surface area contributed by atoms with Gasteiger partial charge in [0, 0.05) is 13.1 Å². The van der Waals surface area contributed by atoms with E-state index in [1.54, 1.807) is 0 Å². The zero-order valence-electron chi connectivity index (χ0n) is 11.1. The first kappa shape index (κ1) is 13.1. The van der Waals surface area contributed by atoms with Crippen molar-refractivity contribution in [1.29, 1.82) is 0 Å².